The lowest BCUT2D eigenvalue weighted by atomic mass is 10.2. The molecule has 2 rings (SSSR count). The first-order chi connectivity index (χ1) is 5.84. The highest BCUT2D eigenvalue weighted by molar-refractivity contribution is 5.77. The molecule has 1 atom stereocenters. The van der Waals surface area contributed by atoms with Gasteiger partial charge in [0.2, 0.25) is 5.91 Å². The summed E-state index contributed by atoms with van der Waals surface area (Å²) >= 11 is 0. The third-order valence-electron chi connectivity index (χ3n) is 2.38. The van der Waals surface area contributed by atoms with Gasteiger partial charge in [-0.15, -0.1) is 0 Å². The van der Waals surface area contributed by atoms with Crippen molar-refractivity contribution in [3.8, 4) is 0 Å². The fraction of sp³-hybridized carbons (Fsp3) is 0.889. The SMILES string of the molecule is O=C(CC1CCCO1)NC1CC1. The number of rotatable bonds is 3. The third-order valence-corrected chi connectivity index (χ3v) is 2.38. The standard InChI is InChI=1S/C9H15NO2/c11-9(10-7-3-4-7)6-8-2-1-5-12-8/h7-8H,1-6H2,(H,10,11). The van der Waals surface area contributed by atoms with Crippen LogP contribution in [0.3, 0.4) is 0 Å². The maximum Gasteiger partial charge on any atom is 0.222 e. The Labute approximate surface area is 72.5 Å². The Morgan fingerprint density at radius 2 is 2.25 bits per heavy atom. The summed E-state index contributed by atoms with van der Waals surface area (Å²) in [6.07, 6.45) is 5.26. The molecule has 0 aromatic carbocycles. The van der Waals surface area contributed by atoms with Crippen molar-refractivity contribution < 1.29 is 9.53 Å². The number of ether oxygens (including phenoxy) is 1. The Bertz CT molecular complexity index is 171. The molecule has 1 unspecified atom stereocenters. The van der Waals surface area contributed by atoms with Gasteiger partial charge in [-0.3, -0.25) is 4.79 Å². The minimum absolute atomic E-state index is 0.171. The van der Waals surface area contributed by atoms with E-state index in [1.54, 1.807) is 0 Å². The number of carbonyl (C=O) groups excluding carboxylic acids is 1. The zero-order chi connectivity index (χ0) is 8.39. The fourth-order valence-electron chi connectivity index (χ4n) is 1.53. The molecule has 12 heavy (non-hydrogen) atoms. The molecule has 1 heterocycles. The average Bonchev–Trinajstić information content (AvgIpc) is 2.66. The largest absolute Gasteiger partial charge is 0.378 e. The Balaban J connectivity index is 1.66. The van der Waals surface area contributed by atoms with Crippen LogP contribution in [0.5, 0.6) is 0 Å². The number of amides is 1. The van der Waals surface area contributed by atoms with Gasteiger partial charge in [-0.05, 0) is 25.7 Å². The van der Waals surface area contributed by atoms with Crippen molar-refractivity contribution in [1.29, 1.82) is 0 Å². The van der Waals surface area contributed by atoms with Crippen LogP contribution in [0.25, 0.3) is 0 Å². The van der Waals surface area contributed by atoms with E-state index in [0.29, 0.717) is 12.5 Å². The van der Waals surface area contributed by atoms with Gasteiger partial charge in [-0.1, -0.05) is 0 Å². The molecule has 2 aliphatic rings. The van der Waals surface area contributed by atoms with Crippen LogP contribution in [0.1, 0.15) is 32.1 Å². The summed E-state index contributed by atoms with van der Waals surface area (Å²) in [6, 6.07) is 0.485. The Morgan fingerprint density at radius 3 is 2.83 bits per heavy atom. The minimum atomic E-state index is 0.171. The molecule has 68 valence electrons. The van der Waals surface area contributed by atoms with Crippen LogP contribution >= 0.6 is 0 Å². The van der Waals surface area contributed by atoms with Crippen LogP contribution in [0.4, 0.5) is 0 Å². The van der Waals surface area contributed by atoms with Crippen molar-refractivity contribution in [1.82, 2.24) is 5.32 Å². The van der Waals surface area contributed by atoms with Crippen LogP contribution in [0.15, 0.2) is 0 Å². The maximum absolute atomic E-state index is 11.3. The lowest BCUT2D eigenvalue weighted by Crippen LogP contribution is -2.28. The summed E-state index contributed by atoms with van der Waals surface area (Å²) in [5, 5.41) is 2.96. The van der Waals surface area contributed by atoms with Crippen LogP contribution < -0.4 is 5.32 Å². The summed E-state index contributed by atoms with van der Waals surface area (Å²) < 4.78 is 5.36. The summed E-state index contributed by atoms with van der Waals surface area (Å²) in [5.41, 5.74) is 0. The van der Waals surface area contributed by atoms with Crippen molar-refractivity contribution in [2.45, 2.75) is 44.2 Å². The zero-order valence-corrected chi connectivity index (χ0v) is 7.21. The molecule has 1 amide bonds. The second-order valence-electron chi connectivity index (χ2n) is 3.68. The first kappa shape index (κ1) is 8.05. The first-order valence-electron chi connectivity index (χ1n) is 4.75. The maximum atomic E-state index is 11.3. The number of hydrogen-bond donors (Lipinski definition) is 1. The van der Waals surface area contributed by atoms with E-state index in [4.69, 9.17) is 4.74 Å². The Kier molecular flexibility index (Phi) is 2.30. The van der Waals surface area contributed by atoms with Crippen molar-refractivity contribution in [3.63, 3.8) is 0 Å². The quantitative estimate of drug-likeness (QED) is 0.679. The van der Waals surface area contributed by atoms with Crippen LogP contribution in [-0.2, 0) is 9.53 Å². The molecule has 1 aliphatic heterocycles. The van der Waals surface area contributed by atoms with E-state index in [-0.39, 0.29) is 12.0 Å². The van der Waals surface area contributed by atoms with Gasteiger partial charge in [0, 0.05) is 12.6 Å². The monoisotopic (exact) mass is 169 g/mol. The van der Waals surface area contributed by atoms with Gasteiger partial charge >= 0.3 is 0 Å². The van der Waals surface area contributed by atoms with Gasteiger partial charge in [0.15, 0.2) is 0 Å². The highest BCUT2D eigenvalue weighted by Gasteiger charge is 2.25. The van der Waals surface area contributed by atoms with Gasteiger partial charge < -0.3 is 10.1 Å². The first-order valence-corrected chi connectivity index (χ1v) is 4.75. The molecule has 0 aromatic rings. The predicted octanol–water partition coefficient (Wildman–Crippen LogP) is 0.834. The molecule has 1 aliphatic carbocycles. The van der Waals surface area contributed by atoms with E-state index in [1.807, 2.05) is 0 Å². The molecule has 1 N–H and O–H groups in total. The zero-order valence-electron chi connectivity index (χ0n) is 7.21. The number of nitrogens with one attached hydrogen (secondary N) is 1. The molecule has 2 fully saturated rings. The fourth-order valence-corrected chi connectivity index (χ4v) is 1.53. The Hall–Kier alpha value is -0.570. The van der Waals surface area contributed by atoms with E-state index in [2.05, 4.69) is 5.32 Å². The van der Waals surface area contributed by atoms with Crippen molar-refractivity contribution in [2.75, 3.05) is 6.61 Å². The van der Waals surface area contributed by atoms with Gasteiger partial charge in [-0.25, -0.2) is 0 Å². The van der Waals surface area contributed by atoms with Crippen LogP contribution in [0, 0.1) is 0 Å². The molecule has 1 saturated carbocycles. The average molecular weight is 169 g/mol. The van der Waals surface area contributed by atoms with E-state index in [1.165, 1.54) is 0 Å². The van der Waals surface area contributed by atoms with E-state index in [0.717, 1.165) is 32.3 Å². The Morgan fingerprint density at radius 1 is 1.42 bits per heavy atom. The number of carbonyl (C=O) groups is 1. The molecule has 0 spiro atoms. The minimum Gasteiger partial charge on any atom is -0.378 e. The van der Waals surface area contributed by atoms with Gasteiger partial charge in [0.25, 0.3) is 0 Å². The van der Waals surface area contributed by atoms with Crippen molar-refractivity contribution in [3.05, 3.63) is 0 Å². The summed E-state index contributed by atoms with van der Waals surface area (Å²) in [6.45, 7) is 0.835. The molecular weight excluding hydrogens is 154 g/mol. The van der Waals surface area contributed by atoms with E-state index < -0.39 is 0 Å². The highest BCUT2D eigenvalue weighted by Crippen LogP contribution is 2.20. The highest BCUT2D eigenvalue weighted by atomic mass is 16.5. The lowest BCUT2D eigenvalue weighted by Gasteiger charge is -2.08. The second-order valence-corrected chi connectivity index (χ2v) is 3.68. The molecular formula is C9H15NO2. The normalized spacial score (nSPS) is 28.8. The molecule has 1 saturated heterocycles. The second kappa shape index (κ2) is 3.44. The van der Waals surface area contributed by atoms with Crippen molar-refractivity contribution >= 4 is 5.91 Å². The van der Waals surface area contributed by atoms with Crippen LogP contribution in [0.2, 0.25) is 0 Å². The van der Waals surface area contributed by atoms with E-state index >= 15 is 0 Å². The molecule has 0 radical (unpaired) electrons. The molecule has 3 nitrogen and oxygen atoms in total. The summed E-state index contributed by atoms with van der Waals surface area (Å²) in [4.78, 5) is 11.3. The predicted molar refractivity (Wildman–Crippen MR) is 44.8 cm³/mol. The van der Waals surface area contributed by atoms with Gasteiger partial charge in [-0.2, -0.15) is 0 Å². The smallest absolute Gasteiger partial charge is 0.222 e. The molecule has 0 bridgehead atoms. The van der Waals surface area contributed by atoms with E-state index in [9.17, 15) is 4.79 Å². The molecule has 3 heteroatoms. The molecule has 0 aromatic heterocycles. The topological polar surface area (TPSA) is 38.3 Å². The lowest BCUT2D eigenvalue weighted by molar-refractivity contribution is -0.123. The summed E-state index contributed by atoms with van der Waals surface area (Å²) in [5.74, 6) is 0.171. The third kappa shape index (κ3) is 2.21. The summed E-state index contributed by atoms with van der Waals surface area (Å²) in [7, 11) is 0. The van der Waals surface area contributed by atoms with Gasteiger partial charge in [0.1, 0.15) is 0 Å². The van der Waals surface area contributed by atoms with Gasteiger partial charge in [0.05, 0.1) is 12.5 Å². The number of hydrogen-bond acceptors (Lipinski definition) is 2. The van der Waals surface area contributed by atoms with Crippen LogP contribution in [-0.4, -0.2) is 24.7 Å². The van der Waals surface area contributed by atoms with Crippen molar-refractivity contribution in [2.24, 2.45) is 0 Å².